The lowest BCUT2D eigenvalue weighted by molar-refractivity contribution is -0.145. The Hall–Kier alpha value is -3.30. The van der Waals surface area contributed by atoms with E-state index in [2.05, 4.69) is 10.3 Å². The SMILES string of the molecule is O=C(CC1(C(=O)Nc2cncc3ccccc23)CCOc2ccc(Cl)cc21)N1CCOCC1CC(F)F. The molecule has 194 valence electrons. The number of hydrogen-bond acceptors (Lipinski definition) is 5. The number of hydrogen-bond donors (Lipinski definition) is 1. The first kappa shape index (κ1) is 25.4. The van der Waals surface area contributed by atoms with Crippen LogP contribution in [0.4, 0.5) is 14.5 Å². The Morgan fingerprint density at radius 1 is 1.19 bits per heavy atom. The van der Waals surface area contributed by atoms with Crippen molar-refractivity contribution in [2.75, 3.05) is 31.7 Å². The number of amides is 2. The maximum absolute atomic E-state index is 14.1. The molecule has 10 heteroatoms. The minimum atomic E-state index is -2.58. The first-order valence-electron chi connectivity index (χ1n) is 12.1. The Kier molecular flexibility index (Phi) is 7.26. The molecular weight excluding hydrogens is 504 g/mol. The van der Waals surface area contributed by atoms with Crippen molar-refractivity contribution in [1.29, 1.82) is 0 Å². The lowest BCUT2D eigenvalue weighted by Gasteiger charge is -2.41. The zero-order valence-electron chi connectivity index (χ0n) is 20.0. The molecule has 0 radical (unpaired) electrons. The quantitative estimate of drug-likeness (QED) is 0.495. The summed E-state index contributed by atoms with van der Waals surface area (Å²) in [5, 5.41) is 5.04. The van der Waals surface area contributed by atoms with E-state index in [1.165, 1.54) is 4.90 Å². The van der Waals surface area contributed by atoms with Crippen LogP contribution in [0.2, 0.25) is 5.02 Å². The van der Waals surface area contributed by atoms with E-state index >= 15 is 0 Å². The number of morpholine rings is 1. The van der Waals surface area contributed by atoms with Gasteiger partial charge in [-0.05, 0) is 18.2 Å². The standard InChI is InChI=1S/C27H26ClF2N3O4/c28-18-5-6-23-21(11-18)27(7-9-37-23,13-25(34)33-8-10-36-16-19(33)12-24(29)30)26(35)32-22-15-31-14-17-3-1-2-4-20(17)22/h1-6,11,14-15,19,24H,7-10,12-13,16H2,(H,32,35). The molecule has 0 bridgehead atoms. The van der Waals surface area contributed by atoms with Crippen LogP contribution in [0.1, 0.15) is 24.8 Å². The van der Waals surface area contributed by atoms with Crippen molar-refractivity contribution in [3.63, 3.8) is 0 Å². The Balaban J connectivity index is 1.53. The van der Waals surface area contributed by atoms with Crippen LogP contribution in [0.3, 0.4) is 0 Å². The molecule has 7 nitrogen and oxygen atoms in total. The number of nitrogens with one attached hydrogen (secondary N) is 1. The number of carbonyl (C=O) groups is 2. The molecule has 2 aliphatic rings. The van der Waals surface area contributed by atoms with Crippen LogP contribution in [0.25, 0.3) is 10.8 Å². The third kappa shape index (κ3) is 5.10. The molecular formula is C27H26ClF2N3O4. The van der Waals surface area contributed by atoms with Gasteiger partial charge in [0.25, 0.3) is 0 Å². The fourth-order valence-electron chi connectivity index (χ4n) is 5.17. The summed E-state index contributed by atoms with van der Waals surface area (Å²) < 4.78 is 37.6. The monoisotopic (exact) mass is 529 g/mol. The van der Waals surface area contributed by atoms with Crippen LogP contribution in [-0.4, -0.2) is 60.5 Å². The molecule has 0 saturated carbocycles. The van der Waals surface area contributed by atoms with E-state index in [9.17, 15) is 18.4 Å². The van der Waals surface area contributed by atoms with Gasteiger partial charge >= 0.3 is 0 Å². The molecule has 3 aromatic rings. The predicted molar refractivity (Wildman–Crippen MR) is 135 cm³/mol. The number of aromatic nitrogens is 1. The van der Waals surface area contributed by atoms with E-state index in [0.717, 1.165) is 10.8 Å². The number of carbonyl (C=O) groups excluding carboxylic acids is 2. The van der Waals surface area contributed by atoms with Gasteiger partial charge in [0.05, 0.1) is 43.2 Å². The second kappa shape index (κ2) is 10.6. The third-order valence-corrected chi connectivity index (χ3v) is 7.28. The molecule has 0 spiro atoms. The second-order valence-corrected chi connectivity index (χ2v) is 9.74. The van der Waals surface area contributed by atoms with Gasteiger partial charge in [-0.15, -0.1) is 0 Å². The summed E-state index contributed by atoms with van der Waals surface area (Å²) in [6.45, 7) is 0.660. The van der Waals surface area contributed by atoms with Gasteiger partial charge < -0.3 is 19.7 Å². The normalized spacial score (nSPS) is 21.4. The predicted octanol–water partition coefficient (Wildman–Crippen LogP) is 4.82. The van der Waals surface area contributed by atoms with Gasteiger partial charge in [0, 0.05) is 53.4 Å². The number of benzene rings is 2. The average Bonchev–Trinajstić information content (AvgIpc) is 2.89. The van der Waals surface area contributed by atoms with Crippen molar-refractivity contribution >= 4 is 39.9 Å². The Morgan fingerprint density at radius 2 is 2.03 bits per heavy atom. The summed E-state index contributed by atoms with van der Waals surface area (Å²) in [6, 6.07) is 11.7. The van der Waals surface area contributed by atoms with Crippen LogP contribution >= 0.6 is 11.6 Å². The molecule has 2 aromatic carbocycles. The maximum atomic E-state index is 14.1. The smallest absolute Gasteiger partial charge is 0.240 e. The van der Waals surface area contributed by atoms with E-state index < -0.39 is 36.1 Å². The van der Waals surface area contributed by atoms with Gasteiger partial charge in [0.2, 0.25) is 18.2 Å². The molecule has 2 unspecified atom stereocenters. The molecule has 3 heterocycles. The van der Waals surface area contributed by atoms with Crippen molar-refractivity contribution in [1.82, 2.24) is 9.88 Å². The number of ether oxygens (including phenoxy) is 2. The summed E-state index contributed by atoms with van der Waals surface area (Å²) in [5.74, 6) is -0.349. The zero-order valence-corrected chi connectivity index (χ0v) is 20.7. The van der Waals surface area contributed by atoms with Crippen LogP contribution < -0.4 is 10.1 Å². The van der Waals surface area contributed by atoms with Crippen molar-refractivity contribution in [2.24, 2.45) is 0 Å². The fraction of sp³-hybridized carbons (Fsp3) is 0.370. The van der Waals surface area contributed by atoms with Gasteiger partial charge in [-0.2, -0.15) is 0 Å². The lowest BCUT2D eigenvalue weighted by Crippen LogP contribution is -2.53. The van der Waals surface area contributed by atoms with E-state index in [1.54, 1.807) is 30.6 Å². The highest BCUT2D eigenvalue weighted by Gasteiger charge is 2.48. The lowest BCUT2D eigenvalue weighted by atomic mass is 9.72. The number of pyridine rings is 1. The van der Waals surface area contributed by atoms with Crippen molar-refractivity contribution in [3.05, 3.63) is 65.4 Å². The van der Waals surface area contributed by atoms with E-state index in [4.69, 9.17) is 21.1 Å². The number of fused-ring (bicyclic) bond motifs is 2. The first-order valence-corrected chi connectivity index (χ1v) is 12.5. The molecule has 1 N–H and O–H groups in total. The largest absolute Gasteiger partial charge is 0.493 e. The van der Waals surface area contributed by atoms with Crippen molar-refractivity contribution in [2.45, 2.75) is 37.1 Å². The number of halogens is 3. The van der Waals surface area contributed by atoms with Gasteiger partial charge in [-0.3, -0.25) is 14.6 Å². The van der Waals surface area contributed by atoms with Crippen LogP contribution in [0.15, 0.2) is 54.9 Å². The zero-order chi connectivity index (χ0) is 26.0. The van der Waals surface area contributed by atoms with Crippen LogP contribution in [0, 0.1) is 0 Å². The molecule has 0 aliphatic carbocycles. The highest BCUT2D eigenvalue weighted by atomic mass is 35.5. The highest BCUT2D eigenvalue weighted by Crippen LogP contribution is 2.44. The number of anilines is 1. The maximum Gasteiger partial charge on any atom is 0.240 e. The van der Waals surface area contributed by atoms with E-state index in [0.29, 0.717) is 22.0 Å². The van der Waals surface area contributed by atoms with Gasteiger partial charge in [0.1, 0.15) is 5.75 Å². The molecule has 37 heavy (non-hydrogen) atoms. The fourth-order valence-corrected chi connectivity index (χ4v) is 5.35. The molecule has 2 atom stereocenters. The molecule has 5 rings (SSSR count). The summed E-state index contributed by atoms with van der Waals surface area (Å²) in [6.07, 6.45) is 0.177. The summed E-state index contributed by atoms with van der Waals surface area (Å²) >= 11 is 6.32. The molecule has 2 aliphatic heterocycles. The summed E-state index contributed by atoms with van der Waals surface area (Å²) in [7, 11) is 0. The minimum Gasteiger partial charge on any atom is -0.493 e. The summed E-state index contributed by atoms with van der Waals surface area (Å²) in [4.78, 5) is 33.5. The summed E-state index contributed by atoms with van der Waals surface area (Å²) in [5.41, 5.74) is -0.337. The highest BCUT2D eigenvalue weighted by molar-refractivity contribution is 6.30. The topological polar surface area (TPSA) is 80.8 Å². The Morgan fingerprint density at radius 3 is 2.86 bits per heavy atom. The van der Waals surface area contributed by atoms with Crippen LogP contribution in [-0.2, 0) is 19.7 Å². The van der Waals surface area contributed by atoms with Gasteiger partial charge in [-0.1, -0.05) is 35.9 Å². The Bertz CT molecular complexity index is 1320. The Labute approximate surface area is 217 Å². The van der Waals surface area contributed by atoms with Crippen molar-refractivity contribution < 1.29 is 27.8 Å². The van der Waals surface area contributed by atoms with Gasteiger partial charge in [-0.25, -0.2) is 8.78 Å². The van der Waals surface area contributed by atoms with Gasteiger partial charge in [0.15, 0.2) is 0 Å². The molecule has 1 aromatic heterocycles. The molecule has 2 amide bonds. The minimum absolute atomic E-state index is 0.0302. The number of alkyl halides is 2. The van der Waals surface area contributed by atoms with E-state index in [-0.39, 0.29) is 39.2 Å². The van der Waals surface area contributed by atoms with Crippen LogP contribution in [0.5, 0.6) is 5.75 Å². The second-order valence-electron chi connectivity index (χ2n) is 9.30. The molecule has 1 fully saturated rings. The molecule has 1 saturated heterocycles. The first-order chi connectivity index (χ1) is 17.9. The number of nitrogens with zero attached hydrogens (tertiary/aromatic N) is 2. The van der Waals surface area contributed by atoms with E-state index in [1.807, 2.05) is 24.3 Å². The third-order valence-electron chi connectivity index (χ3n) is 7.05. The number of rotatable bonds is 6. The van der Waals surface area contributed by atoms with Crippen molar-refractivity contribution in [3.8, 4) is 5.75 Å². The average molecular weight is 530 g/mol.